The number of nitro groups is 1. The summed E-state index contributed by atoms with van der Waals surface area (Å²) in [6.45, 7) is 0. The lowest BCUT2D eigenvalue weighted by Gasteiger charge is -1.97. The van der Waals surface area contributed by atoms with E-state index in [4.69, 9.17) is 5.11 Å². The number of phenols is 1. The van der Waals surface area contributed by atoms with Crippen LogP contribution in [0.1, 0.15) is 0 Å². The van der Waals surface area contributed by atoms with E-state index in [0.717, 1.165) is 0 Å². The smallest absolute Gasteiger partial charge is 0.283 e. The van der Waals surface area contributed by atoms with Gasteiger partial charge in [0, 0.05) is 16.5 Å². The van der Waals surface area contributed by atoms with Crippen LogP contribution in [0.25, 0.3) is 0 Å². The Balaban J connectivity index is 2.09. The molecule has 0 amide bonds. The number of phenolic OH excluding ortho intramolecular Hbond substituents is 1. The minimum Gasteiger partial charge on any atom is -0.508 e. The van der Waals surface area contributed by atoms with E-state index < -0.39 is 11.0 Å². The van der Waals surface area contributed by atoms with Crippen molar-refractivity contribution in [2.24, 2.45) is 9.98 Å². The fraction of sp³-hybridized carbons (Fsp3) is 0.0833. The van der Waals surface area contributed by atoms with E-state index >= 15 is 0 Å². The van der Waals surface area contributed by atoms with Crippen LogP contribution in [0.5, 0.6) is 5.75 Å². The highest BCUT2D eigenvalue weighted by molar-refractivity contribution is 7.13. The molecule has 8 heteroatoms. The molecule has 0 fully saturated rings. The third-order valence-electron chi connectivity index (χ3n) is 2.23. The molecule has 0 saturated carbocycles. The molecule has 1 atom stereocenters. The van der Waals surface area contributed by atoms with Crippen LogP contribution in [-0.4, -0.2) is 33.5 Å². The molecule has 0 aliphatic rings. The van der Waals surface area contributed by atoms with Crippen molar-refractivity contribution in [2.75, 3.05) is 0 Å². The third kappa shape index (κ3) is 3.95. The van der Waals surface area contributed by atoms with Gasteiger partial charge in [0.1, 0.15) is 5.75 Å². The Hall–Kier alpha value is -2.61. The van der Waals surface area contributed by atoms with E-state index in [9.17, 15) is 10.1 Å². The van der Waals surface area contributed by atoms with Crippen molar-refractivity contribution in [3.05, 3.63) is 46.0 Å². The molecular weight excluding hydrogens is 280 g/mol. The summed E-state index contributed by atoms with van der Waals surface area (Å²) in [5.41, 5.74) is 0.511. The van der Waals surface area contributed by atoms with Gasteiger partial charge in [-0.15, -0.1) is 11.3 Å². The molecule has 0 bridgehead atoms. The van der Waals surface area contributed by atoms with Gasteiger partial charge >= 0.3 is 0 Å². The normalized spacial score (nSPS) is 13.0. The quantitative estimate of drug-likeness (QED) is 0.519. The second-order valence-corrected chi connectivity index (χ2v) is 4.54. The summed E-state index contributed by atoms with van der Waals surface area (Å²) in [5.74, 6) is 0.111. The first-order valence-corrected chi connectivity index (χ1v) is 6.43. The Kier molecular flexibility index (Phi) is 4.51. The summed E-state index contributed by atoms with van der Waals surface area (Å²) in [4.78, 5) is 22.2. The maximum atomic E-state index is 10.9. The number of hydrogen-bond donors (Lipinski definition) is 1. The molecule has 20 heavy (non-hydrogen) atoms. The van der Waals surface area contributed by atoms with E-state index in [1.165, 1.54) is 35.9 Å². The summed E-state index contributed by atoms with van der Waals surface area (Å²) >= 11 is 1.29. The van der Waals surface area contributed by atoms with Gasteiger partial charge in [0.05, 0.1) is 18.1 Å². The number of hydrogen-bond acceptors (Lipinski definition) is 7. The molecule has 0 unspecified atom stereocenters. The second-order valence-electron chi connectivity index (χ2n) is 3.66. The molecule has 7 nitrogen and oxygen atoms in total. The first kappa shape index (κ1) is 13.8. The average molecular weight is 290 g/mol. The molecular formula is C12H10N4O3S. The topological polar surface area (TPSA) is 101 Å². The van der Waals surface area contributed by atoms with Crippen molar-refractivity contribution in [3.63, 3.8) is 0 Å². The van der Waals surface area contributed by atoms with E-state index in [2.05, 4.69) is 15.0 Å². The molecule has 2 rings (SSSR count). The van der Waals surface area contributed by atoms with Gasteiger partial charge in [-0.05, 0) is 24.3 Å². The van der Waals surface area contributed by atoms with Gasteiger partial charge in [-0.25, -0.2) is 9.98 Å². The van der Waals surface area contributed by atoms with Crippen LogP contribution in [0.2, 0.25) is 0 Å². The average Bonchev–Trinajstić information content (AvgIpc) is 2.93. The monoisotopic (exact) mass is 290 g/mol. The standard InChI is InChI=1S/C12H10N4O3S/c17-11-3-1-9(2-4-11)14-7-10(16(18)19)8-15-12-13-5-6-20-12/h1-8,10,17H/t10-/m0/s1. The third-order valence-corrected chi connectivity index (χ3v) is 2.91. The number of aliphatic imine (C=N–C) groups is 2. The Bertz CT molecular complexity index is 623. The van der Waals surface area contributed by atoms with E-state index in [-0.39, 0.29) is 5.75 Å². The van der Waals surface area contributed by atoms with Crippen LogP contribution < -0.4 is 0 Å². The van der Waals surface area contributed by atoms with Crippen LogP contribution >= 0.6 is 11.3 Å². The Morgan fingerprint density at radius 2 is 2.00 bits per heavy atom. The minimum atomic E-state index is -1.13. The van der Waals surface area contributed by atoms with Crippen LogP contribution in [0, 0.1) is 10.1 Å². The van der Waals surface area contributed by atoms with Gasteiger partial charge < -0.3 is 5.11 Å². The van der Waals surface area contributed by atoms with E-state index in [0.29, 0.717) is 10.8 Å². The van der Waals surface area contributed by atoms with Gasteiger partial charge in [0.15, 0.2) is 0 Å². The molecule has 0 radical (unpaired) electrons. The molecule has 1 aromatic carbocycles. The predicted molar refractivity (Wildman–Crippen MR) is 77.3 cm³/mol. The molecule has 0 spiro atoms. The van der Waals surface area contributed by atoms with Crippen molar-refractivity contribution in [2.45, 2.75) is 6.04 Å². The van der Waals surface area contributed by atoms with Gasteiger partial charge in [-0.2, -0.15) is 0 Å². The molecule has 102 valence electrons. The summed E-state index contributed by atoms with van der Waals surface area (Å²) < 4.78 is 0. The fourth-order valence-electron chi connectivity index (χ4n) is 1.27. The molecule has 1 N–H and O–H groups in total. The largest absolute Gasteiger partial charge is 0.508 e. The van der Waals surface area contributed by atoms with Crippen molar-refractivity contribution in [1.82, 2.24) is 4.98 Å². The zero-order valence-corrected chi connectivity index (χ0v) is 11.0. The molecule has 1 aromatic heterocycles. The molecule has 2 aromatic rings. The number of thiazole rings is 1. The van der Waals surface area contributed by atoms with Gasteiger partial charge in [0.25, 0.3) is 6.04 Å². The molecule has 1 heterocycles. The Labute approximate surface area is 118 Å². The minimum absolute atomic E-state index is 0.111. The highest BCUT2D eigenvalue weighted by Gasteiger charge is 2.14. The lowest BCUT2D eigenvalue weighted by molar-refractivity contribution is -0.482. The molecule has 0 aliphatic heterocycles. The second kappa shape index (κ2) is 6.53. The lowest BCUT2D eigenvalue weighted by atomic mass is 10.3. The van der Waals surface area contributed by atoms with Gasteiger partial charge in [0.2, 0.25) is 5.13 Å². The molecule has 0 aliphatic carbocycles. The summed E-state index contributed by atoms with van der Waals surface area (Å²) in [6.07, 6.45) is 3.94. The van der Waals surface area contributed by atoms with Crippen LogP contribution in [0.15, 0.2) is 45.8 Å². The zero-order chi connectivity index (χ0) is 14.4. The maximum absolute atomic E-state index is 10.9. The Morgan fingerprint density at radius 3 is 2.60 bits per heavy atom. The fourth-order valence-corrected chi connectivity index (χ4v) is 1.76. The van der Waals surface area contributed by atoms with E-state index in [1.807, 2.05) is 0 Å². The zero-order valence-electron chi connectivity index (χ0n) is 10.2. The highest BCUT2D eigenvalue weighted by Crippen LogP contribution is 2.16. The number of aromatic hydroxyl groups is 1. The van der Waals surface area contributed by atoms with Gasteiger partial charge in [-0.1, -0.05) is 0 Å². The number of nitrogens with zero attached hydrogens (tertiary/aromatic N) is 4. The van der Waals surface area contributed by atoms with Crippen molar-refractivity contribution in [1.29, 1.82) is 0 Å². The number of benzene rings is 1. The first-order valence-electron chi connectivity index (χ1n) is 5.55. The molecule has 0 saturated heterocycles. The van der Waals surface area contributed by atoms with Crippen LogP contribution in [0.4, 0.5) is 10.8 Å². The lowest BCUT2D eigenvalue weighted by Crippen LogP contribution is -2.22. The Morgan fingerprint density at radius 1 is 1.30 bits per heavy atom. The summed E-state index contributed by atoms with van der Waals surface area (Å²) in [6, 6.07) is 4.89. The van der Waals surface area contributed by atoms with Gasteiger partial charge in [-0.3, -0.25) is 15.1 Å². The predicted octanol–water partition coefficient (Wildman–Crippen LogP) is 2.60. The van der Waals surface area contributed by atoms with Crippen LogP contribution in [0.3, 0.4) is 0 Å². The summed E-state index contributed by atoms with van der Waals surface area (Å²) in [7, 11) is 0. The van der Waals surface area contributed by atoms with Crippen molar-refractivity contribution >= 4 is 34.6 Å². The first-order chi connectivity index (χ1) is 9.65. The SMILES string of the molecule is O=[N+]([O-])[C@@H](C=Nc1ccc(O)cc1)C=Nc1nccs1. The number of aromatic nitrogens is 1. The highest BCUT2D eigenvalue weighted by atomic mass is 32.1. The van der Waals surface area contributed by atoms with Crippen LogP contribution in [-0.2, 0) is 0 Å². The van der Waals surface area contributed by atoms with E-state index in [1.54, 1.807) is 23.7 Å². The summed E-state index contributed by atoms with van der Waals surface area (Å²) in [5, 5.41) is 22.2. The number of rotatable bonds is 5. The van der Waals surface area contributed by atoms with Crippen molar-refractivity contribution in [3.8, 4) is 5.75 Å². The van der Waals surface area contributed by atoms with Crippen molar-refractivity contribution < 1.29 is 10.0 Å². The maximum Gasteiger partial charge on any atom is 0.283 e.